The van der Waals surface area contributed by atoms with Gasteiger partial charge in [-0.1, -0.05) is 0 Å². The van der Waals surface area contributed by atoms with Gasteiger partial charge in [0.05, 0.1) is 5.41 Å². The zero-order valence-corrected chi connectivity index (χ0v) is 15.5. The van der Waals surface area contributed by atoms with Crippen molar-refractivity contribution in [1.82, 2.24) is 19.4 Å². The van der Waals surface area contributed by atoms with Gasteiger partial charge in [-0.25, -0.2) is 9.78 Å². The lowest BCUT2D eigenvalue weighted by molar-refractivity contribution is -0.151. The van der Waals surface area contributed by atoms with Crippen molar-refractivity contribution < 1.29 is 14.3 Å². The number of carbonyl (C=O) groups excluding carboxylic acids is 2. The van der Waals surface area contributed by atoms with E-state index in [2.05, 4.69) is 4.98 Å². The first-order chi connectivity index (χ1) is 13.1. The summed E-state index contributed by atoms with van der Waals surface area (Å²) in [7, 11) is 0. The first kappa shape index (κ1) is 18.2. The van der Waals surface area contributed by atoms with Crippen molar-refractivity contribution in [1.29, 1.82) is 0 Å². The predicted octanol–water partition coefficient (Wildman–Crippen LogP) is 0.263. The average Bonchev–Trinajstić information content (AvgIpc) is 3.12. The van der Waals surface area contributed by atoms with Crippen LogP contribution < -0.4 is 5.69 Å². The van der Waals surface area contributed by atoms with Gasteiger partial charge in [-0.2, -0.15) is 0 Å². The molecule has 1 atom stereocenters. The Hall–Kier alpha value is -2.22. The second kappa shape index (κ2) is 7.42. The maximum absolute atomic E-state index is 13.3. The van der Waals surface area contributed by atoms with Gasteiger partial charge in [-0.15, -0.1) is 0 Å². The van der Waals surface area contributed by atoms with Crippen LogP contribution in [0.2, 0.25) is 0 Å². The molecular formula is C19H26N4O4. The minimum atomic E-state index is -0.452. The van der Waals surface area contributed by atoms with Gasteiger partial charge < -0.3 is 14.5 Å². The Balaban J connectivity index is 1.44. The maximum atomic E-state index is 13.3. The highest BCUT2D eigenvalue weighted by molar-refractivity contribution is 5.86. The van der Waals surface area contributed by atoms with Crippen LogP contribution >= 0.6 is 0 Å². The second-order valence-electron chi connectivity index (χ2n) is 7.82. The number of ether oxygens (including phenoxy) is 1. The van der Waals surface area contributed by atoms with E-state index in [1.165, 1.54) is 10.8 Å². The molecule has 0 saturated carbocycles. The Kier molecular flexibility index (Phi) is 4.99. The van der Waals surface area contributed by atoms with Gasteiger partial charge in [0, 0.05) is 51.3 Å². The molecule has 3 aliphatic rings. The van der Waals surface area contributed by atoms with Gasteiger partial charge in [0.2, 0.25) is 11.8 Å². The summed E-state index contributed by atoms with van der Waals surface area (Å²) in [5.74, 6) is 0.0764. The lowest BCUT2D eigenvalue weighted by atomic mass is 9.77. The normalized spacial score (nSPS) is 26.7. The van der Waals surface area contributed by atoms with Crippen molar-refractivity contribution in [2.75, 3.05) is 32.8 Å². The van der Waals surface area contributed by atoms with Crippen molar-refractivity contribution in [3.05, 3.63) is 28.9 Å². The van der Waals surface area contributed by atoms with E-state index in [4.69, 9.17) is 4.74 Å². The van der Waals surface area contributed by atoms with E-state index in [0.717, 1.165) is 32.2 Å². The van der Waals surface area contributed by atoms with Gasteiger partial charge in [0.25, 0.3) is 0 Å². The lowest BCUT2D eigenvalue weighted by Crippen LogP contribution is -2.55. The molecule has 3 fully saturated rings. The quantitative estimate of drug-likeness (QED) is 0.758. The molecule has 0 radical (unpaired) electrons. The number of piperidine rings is 1. The molecule has 27 heavy (non-hydrogen) atoms. The molecule has 0 N–H and O–H groups in total. The van der Waals surface area contributed by atoms with Crippen molar-refractivity contribution in [2.45, 2.75) is 44.7 Å². The summed E-state index contributed by atoms with van der Waals surface area (Å²) >= 11 is 0. The highest BCUT2D eigenvalue weighted by Crippen LogP contribution is 2.41. The van der Waals surface area contributed by atoms with Gasteiger partial charge in [-0.05, 0) is 38.2 Å². The Morgan fingerprint density at radius 1 is 1.22 bits per heavy atom. The van der Waals surface area contributed by atoms with E-state index < -0.39 is 11.1 Å². The number of rotatable bonds is 3. The molecule has 3 aliphatic heterocycles. The Labute approximate surface area is 158 Å². The molecule has 4 rings (SSSR count). The number of hydrogen-bond acceptors (Lipinski definition) is 5. The molecule has 8 nitrogen and oxygen atoms in total. The van der Waals surface area contributed by atoms with Crippen LogP contribution in [0.15, 0.2) is 23.3 Å². The van der Waals surface area contributed by atoms with Crippen molar-refractivity contribution in [3.63, 3.8) is 0 Å². The van der Waals surface area contributed by atoms with Crippen LogP contribution in [-0.2, 0) is 20.9 Å². The number of nitrogens with zero attached hydrogens (tertiary/aromatic N) is 4. The third-order valence-electron chi connectivity index (χ3n) is 6.20. The highest BCUT2D eigenvalue weighted by atomic mass is 16.5. The number of carbonyl (C=O) groups is 2. The van der Waals surface area contributed by atoms with Crippen LogP contribution in [0.1, 0.15) is 32.1 Å². The molecule has 0 bridgehead atoms. The largest absolute Gasteiger partial charge is 0.381 e. The van der Waals surface area contributed by atoms with Crippen LogP contribution in [-0.4, -0.2) is 70.1 Å². The summed E-state index contributed by atoms with van der Waals surface area (Å²) in [6.45, 7) is 3.24. The molecule has 8 heteroatoms. The topological polar surface area (TPSA) is 84.7 Å². The number of likely N-dealkylation sites (tertiary alicyclic amines) is 2. The molecule has 1 spiro atoms. The van der Waals surface area contributed by atoms with E-state index >= 15 is 0 Å². The highest BCUT2D eigenvalue weighted by Gasteiger charge is 2.50. The fourth-order valence-electron chi connectivity index (χ4n) is 4.66. The van der Waals surface area contributed by atoms with E-state index in [1.807, 2.05) is 4.90 Å². The van der Waals surface area contributed by atoms with Gasteiger partial charge >= 0.3 is 5.69 Å². The number of aromatic nitrogens is 2. The fourth-order valence-corrected chi connectivity index (χ4v) is 4.66. The third-order valence-corrected chi connectivity index (χ3v) is 6.20. The minimum Gasteiger partial charge on any atom is -0.381 e. The van der Waals surface area contributed by atoms with Crippen LogP contribution in [0.5, 0.6) is 0 Å². The average molecular weight is 374 g/mol. The van der Waals surface area contributed by atoms with Crippen LogP contribution in [0.25, 0.3) is 0 Å². The molecule has 1 aromatic rings. The molecular weight excluding hydrogens is 348 g/mol. The van der Waals surface area contributed by atoms with Crippen molar-refractivity contribution in [3.8, 4) is 0 Å². The van der Waals surface area contributed by atoms with E-state index in [1.54, 1.807) is 17.2 Å². The Bertz CT molecular complexity index is 773. The van der Waals surface area contributed by atoms with Crippen LogP contribution in [0, 0.1) is 5.41 Å². The standard InChI is InChI=1S/C19H26N4O4/c24-16(13-21-8-2-7-20-18(21)26)22-10-6-19(14-22)5-1-9-23(17(19)25)15-3-11-27-12-4-15/h2,7-8,15H,1,3-6,9-14H2/t19-/m1/s1. The second-order valence-corrected chi connectivity index (χ2v) is 7.82. The van der Waals surface area contributed by atoms with E-state index in [0.29, 0.717) is 32.7 Å². The van der Waals surface area contributed by atoms with Gasteiger partial charge in [-0.3, -0.25) is 14.2 Å². The zero-order chi connectivity index (χ0) is 18.9. The number of hydrogen-bond donors (Lipinski definition) is 0. The Morgan fingerprint density at radius 3 is 2.81 bits per heavy atom. The lowest BCUT2D eigenvalue weighted by Gasteiger charge is -2.44. The third kappa shape index (κ3) is 3.50. The maximum Gasteiger partial charge on any atom is 0.347 e. The smallest absolute Gasteiger partial charge is 0.347 e. The van der Waals surface area contributed by atoms with E-state index in [9.17, 15) is 14.4 Å². The first-order valence-corrected chi connectivity index (χ1v) is 9.77. The Morgan fingerprint density at radius 2 is 2.04 bits per heavy atom. The fraction of sp³-hybridized carbons (Fsp3) is 0.684. The first-order valence-electron chi connectivity index (χ1n) is 9.77. The van der Waals surface area contributed by atoms with Gasteiger partial charge in [0.1, 0.15) is 6.54 Å². The SMILES string of the molecule is O=C(Cn1cccnc1=O)N1CC[C@]2(CCCN(C3CCOCC3)C2=O)C1. The van der Waals surface area contributed by atoms with Crippen molar-refractivity contribution in [2.24, 2.45) is 5.41 Å². The molecule has 2 amide bonds. The molecule has 0 aromatic carbocycles. The van der Waals surface area contributed by atoms with Crippen LogP contribution in [0.4, 0.5) is 0 Å². The van der Waals surface area contributed by atoms with Crippen molar-refractivity contribution >= 4 is 11.8 Å². The summed E-state index contributed by atoms with van der Waals surface area (Å²) in [5, 5.41) is 0. The summed E-state index contributed by atoms with van der Waals surface area (Å²) in [4.78, 5) is 45.2. The van der Waals surface area contributed by atoms with Gasteiger partial charge in [0.15, 0.2) is 0 Å². The summed E-state index contributed by atoms with van der Waals surface area (Å²) in [6, 6.07) is 1.90. The monoisotopic (exact) mass is 374 g/mol. The molecule has 0 unspecified atom stereocenters. The molecule has 3 saturated heterocycles. The summed E-state index contributed by atoms with van der Waals surface area (Å²) in [6.07, 6.45) is 7.30. The summed E-state index contributed by atoms with van der Waals surface area (Å²) < 4.78 is 6.74. The van der Waals surface area contributed by atoms with E-state index in [-0.39, 0.29) is 24.4 Å². The molecule has 146 valence electrons. The molecule has 0 aliphatic carbocycles. The molecule has 1 aromatic heterocycles. The number of amides is 2. The predicted molar refractivity (Wildman–Crippen MR) is 96.9 cm³/mol. The minimum absolute atomic E-state index is 0.0272. The summed E-state index contributed by atoms with van der Waals surface area (Å²) in [5.41, 5.74) is -0.884. The zero-order valence-electron chi connectivity index (χ0n) is 15.5. The molecule has 4 heterocycles. The van der Waals surface area contributed by atoms with Crippen LogP contribution in [0.3, 0.4) is 0 Å².